The average molecular weight is 267 g/mol. The normalized spacial score (nSPS) is 31.3. The number of carboxylic acid groups (broad SMARTS) is 1. The second kappa shape index (κ2) is 6.25. The summed E-state index contributed by atoms with van der Waals surface area (Å²) >= 11 is 0. The SMILES string of the molecule is CC1CCC(N(C)C2(CC(=O)O)CCCCC2)CC1. The Balaban J connectivity index is 2.06. The molecule has 0 aromatic heterocycles. The molecule has 0 amide bonds. The minimum absolute atomic E-state index is 0.0602. The first kappa shape index (κ1) is 14.8. The minimum atomic E-state index is -0.627. The fraction of sp³-hybridized carbons (Fsp3) is 0.938. The molecule has 0 unspecified atom stereocenters. The summed E-state index contributed by atoms with van der Waals surface area (Å²) in [6.07, 6.45) is 11.2. The maximum absolute atomic E-state index is 11.3. The summed E-state index contributed by atoms with van der Waals surface area (Å²) in [6.45, 7) is 2.34. The first-order chi connectivity index (χ1) is 9.03. The second-order valence-corrected chi connectivity index (χ2v) is 6.88. The number of aliphatic carboxylic acids is 1. The average Bonchev–Trinajstić information content (AvgIpc) is 2.39. The van der Waals surface area contributed by atoms with Gasteiger partial charge in [0.1, 0.15) is 0 Å². The zero-order valence-corrected chi connectivity index (χ0v) is 12.5. The van der Waals surface area contributed by atoms with Gasteiger partial charge in [0, 0.05) is 11.6 Å². The molecule has 0 radical (unpaired) electrons. The van der Waals surface area contributed by atoms with Crippen LogP contribution in [0.1, 0.15) is 71.1 Å². The molecule has 1 N–H and O–H groups in total. The van der Waals surface area contributed by atoms with E-state index in [1.165, 1.54) is 44.9 Å². The smallest absolute Gasteiger partial charge is 0.305 e. The van der Waals surface area contributed by atoms with Crippen LogP contribution in [-0.2, 0) is 4.79 Å². The number of carbonyl (C=O) groups is 1. The third kappa shape index (κ3) is 3.50. The number of carboxylic acids is 1. The quantitative estimate of drug-likeness (QED) is 0.844. The molecule has 0 bridgehead atoms. The van der Waals surface area contributed by atoms with E-state index in [2.05, 4.69) is 18.9 Å². The molecule has 0 aliphatic heterocycles. The molecule has 3 nitrogen and oxygen atoms in total. The Kier molecular flexibility index (Phi) is 4.88. The number of hydrogen-bond acceptors (Lipinski definition) is 2. The maximum atomic E-state index is 11.3. The molecule has 2 aliphatic carbocycles. The summed E-state index contributed by atoms with van der Waals surface area (Å²) in [5.41, 5.74) is -0.0602. The summed E-state index contributed by atoms with van der Waals surface area (Å²) in [6, 6.07) is 0.605. The van der Waals surface area contributed by atoms with Crippen LogP contribution in [0, 0.1) is 5.92 Å². The Labute approximate surface area is 117 Å². The van der Waals surface area contributed by atoms with E-state index in [-0.39, 0.29) is 5.54 Å². The van der Waals surface area contributed by atoms with E-state index in [4.69, 9.17) is 0 Å². The van der Waals surface area contributed by atoms with Crippen LogP contribution in [0.15, 0.2) is 0 Å². The van der Waals surface area contributed by atoms with E-state index < -0.39 is 5.97 Å². The summed E-state index contributed by atoms with van der Waals surface area (Å²) < 4.78 is 0. The molecule has 0 spiro atoms. The monoisotopic (exact) mass is 267 g/mol. The summed E-state index contributed by atoms with van der Waals surface area (Å²) in [7, 11) is 2.19. The second-order valence-electron chi connectivity index (χ2n) is 6.88. The van der Waals surface area contributed by atoms with Gasteiger partial charge in [0.2, 0.25) is 0 Å². The number of nitrogens with zero attached hydrogens (tertiary/aromatic N) is 1. The van der Waals surface area contributed by atoms with Crippen LogP contribution in [0.25, 0.3) is 0 Å². The van der Waals surface area contributed by atoms with Gasteiger partial charge in [-0.3, -0.25) is 9.69 Å². The highest BCUT2D eigenvalue weighted by molar-refractivity contribution is 5.68. The van der Waals surface area contributed by atoms with Crippen molar-refractivity contribution in [1.29, 1.82) is 0 Å². The molecule has 2 saturated carbocycles. The van der Waals surface area contributed by atoms with Gasteiger partial charge in [-0.15, -0.1) is 0 Å². The zero-order chi connectivity index (χ0) is 13.9. The molecule has 0 saturated heterocycles. The van der Waals surface area contributed by atoms with Gasteiger partial charge in [-0.05, 0) is 51.5 Å². The van der Waals surface area contributed by atoms with Crippen LogP contribution in [0.2, 0.25) is 0 Å². The van der Waals surface area contributed by atoms with Crippen LogP contribution in [0.4, 0.5) is 0 Å². The Morgan fingerprint density at radius 1 is 1.16 bits per heavy atom. The lowest BCUT2D eigenvalue weighted by Gasteiger charge is -2.49. The minimum Gasteiger partial charge on any atom is -0.481 e. The van der Waals surface area contributed by atoms with E-state index in [0.29, 0.717) is 12.5 Å². The molecule has 2 fully saturated rings. The van der Waals surface area contributed by atoms with Crippen molar-refractivity contribution in [3.8, 4) is 0 Å². The number of rotatable bonds is 4. The van der Waals surface area contributed by atoms with Crippen molar-refractivity contribution in [1.82, 2.24) is 4.90 Å². The molecular weight excluding hydrogens is 238 g/mol. The Morgan fingerprint density at radius 2 is 1.74 bits per heavy atom. The van der Waals surface area contributed by atoms with Gasteiger partial charge in [-0.1, -0.05) is 26.2 Å². The lowest BCUT2D eigenvalue weighted by Crippen LogP contribution is -2.54. The molecule has 2 aliphatic rings. The van der Waals surface area contributed by atoms with E-state index >= 15 is 0 Å². The topological polar surface area (TPSA) is 40.5 Å². The molecular formula is C16H29NO2. The highest BCUT2D eigenvalue weighted by Gasteiger charge is 2.41. The predicted molar refractivity (Wildman–Crippen MR) is 77.3 cm³/mol. The molecule has 3 heteroatoms. The largest absolute Gasteiger partial charge is 0.481 e. The van der Waals surface area contributed by atoms with E-state index in [1.54, 1.807) is 0 Å². The van der Waals surface area contributed by atoms with Gasteiger partial charge >= 0.3 is 5.97 Å². The Bertz CT molecular complexity index is 302. The van der Waals surface area contributed by atoms with Gasteiger partial charge < -0.3 is 5.11 Å². The lowest BCUT2D eigenvalue weighted by atomic mass is 9.75. The van der Waals surface area contributed by atoms with Crippen molar-refractivity contribution in [3.05, 3.63) is 0 Å². The Morgan fingerprint density at radius 3 is 2.26 bits per heavy atom. The van der Waals surface area contributed by atoms with Crippen molar-refractivity contribution in [2.24, 2.45) is 5.92 Å². The highest BCUT2D eigenvalue weighted by atomic mass is 16.4. The van der Waals surface area contributed by atoms with Crippen LogP contribution in [0.3, 0.4) is 0 Å². The van der Waals surface area contributed by atoms with Gasteiger partial charge in [0.15, 0.2) is 0 Å². The van der Waals surface area contributed by atoms with E-state index in [1.807, 2.05) is 0 Å². The van der Waals surface area contributed by atoms with Gasteiger partial charge in [-0.2, -0.15) is 0 Å². The van der Waals surface area contributed by atoms with Gasteiger partial charge in [-0.25, -0.2) is 0 Å². The third-order valence-electron chi connectivity index (χ3n) is 5.55. The van der Waals surface area contributed by atoms with Crippen LogP contribution >= 0.6 is 0 Å². The fourth-order valence-electron chi connectivity index (χ4n) is 4.16. The molecule has 0 atom stereocenters. The fourth-order valence-corrected chi connectivity index (χ4v) is 4.16. The number of hydrogen-bond donors (Lipinski definition) is 1. The van der Waals surface area contributed by atoms with E-state index in [9.17, 15) is 9.90 Å². The van der Waals surface area contributed by atoms with Gasteiger partial charge in [0.25, 0.3) is 0 Å². The molecule has 0 heterocycles. The van der Waals surface area contributed by atoms with Crippen LogP contribution in [-0.4, -0.2) is 34.6 Å². The standard InChI is InChI=1S/C16H29NO2/c1-13-6-8-14(9-7-13)17(2)16(12-15(18)19)10-4-3-5-11-16/h13-14H,3-12H2,1-2H3,(H,18,19). The van der Waals surface area contributed by atoms with Crippen molar-refractivity contribution in [3.63, 3.8) is 0 Å². The van der Waals surface area contributed by atoms with Gasteiger partial charge in [0.05, 0.1) is 6.42 Å². The maximum Gasteiger partial charge on any atom is 0.305 e. The first-order valence-electron chi connectivity index (χ1n) is 7.98. The lowest BCUT2D eigenvalue weighted by molar-refractivity contribution is -0.142. The molecule has 2 rings (SSSR count). The summed E-state index contributed by atoms with van der Waals surface area (Å²) in [4.78, 5) is 13.7. The zero-order valence-electron chi connectivity index (χ0n) is 12.5. The van der Waals surface area contributed by atoms with Crippen LogP contribution in [0.5, 0.6) is 0 Å². The summed E-state index contributed by atoms with van der Waals surface area (Å²) in [5.74, 6) is 0.226. The van der Waals surface area contributed by atoms with Crippen LogP contribution < -0.4 is 0 Å². The molecule has 110 valence electrons. The Hall–Kier alpha value is -0.570. The van der Waals surface area contributed by atoms with E-state index in [0.717, 1.165) is 18.8 Å². The van der Waals surface area contributed by atoms with Crippen molar-refractivity contribution in [2.75, 3.05) is 7.05 Å². The first-order valence-corrected chi connectivity index (χ1v) is 7.98. The highest BCUT2D eigenvalue weighted by Crippen LogP contribution is 2.40. The van der Waals surface area contributed by atoms with Crippen molar-refractivity contribution in [2.45, 2.75) is 82.7 Å². The van der Waals surface area contributed by atoms with Crippen molar-refractivity contribution < 1.29 is 9.90 Å². The molecule has 19 heavy (non-hydrogen) atoms. The van der Waals surface area contributed by atoms with Crippen molar-refractivity contribution >= 4 is 5.97 Å². The molecule has 0 aromatic carbocycles. The third-order valence-corrected chi connectivity index (χ3v) is 5.55. The molecule has 0 aromatic rings. The summed E-state index contributed by atoms with van der Waals surface area (Å²) in [5, 5.41) is 9.29. The predicted octanol–water partition coefficient (Wildman–Crippen LogP) is 3.67.